The number of nitrogens with one attached hydrogen (secondary N) is 1. The fourth-order valence-corrected chi connectivity index (χ4v) is 1.96. The Morgan fingerprint density at radius 2 is 2.00 bits per heavy atom. The third kappa shape index (κ3) is 5.78. The Balaban J connectivity index is 2.11. The number of nitrogens with two attached hydrogens (primary N) is 1. The molecule has 3 N–H and O–H groups in total. The van der Waals surface area contributed by atoms with E-state index in [2.05, 4.69) is 5.32 Å². The molecule has 0 spiro atoms. The van der Waals surface area contributed by atoms with Crippen molar-refractivity contribution in [1.29, 1.82) is 0 Å². The SMILES string of the molecule is NCCCCNC(=O)CSc1ccccc1. The van der Waals surface area contributed by atoms with E-state index in [9.17, 15) is 4.79 Å². The molecule has 88 valence electrons. The van der Waals surface area contributed by atoms with E-state index in [1.54, 1.807) is 11.8 Å². The molecule has 1 aromatic rings. The number of unbranched alkanes of at least 4 members (excludes halogenated alkanes) is 1. The third-order valence-electron chi connectivity index (χ3n) is 2.07. The van der Waals surface area contributed by atoms with E-state index in [1.807, 2.05) is 30.3 Å². The summed E-state index contributed by atoms with van der Waals surface area (Å²) in [5.41, 5.74) is 5.36. The Kier molecular flexibility index (Phi) is 6.69. The van der Waals surface area contributed by atoms with Crippen molar-refractivity contribution in [2.75, 3.05) is 18.8 Å². The van der Waals surface area contributed by atoms with Crippen LogP contribution in [-0.4, -0.2) is 24.7 Å². The molecule has 0 aliphatic heterocycles. The molecule has 0 saturated carbocycles. The van der Waals surface area contributed by atoms with Gasteiger partial charge >= 0.3 is 0 Å². The Hall–Kier alpha value is -1.00. The van der Waals surface area contributed by atoms with Crippen LogP contribution in [0.1, 0.15) is 12.8 Å². The van der Waals surface area contributed by atoms with Gasteiger partial charge in [0, 0.05) is 11.4 Å². The van der Waals surface area contributed by atoms with Gasteiger partial charge in [0.05, 0.1) is 5.75 Å². The molecule has 1 aromatic carbocycles. The fourth-order valence-electron chi connectivity index (χ4n) is 1.21. The maximum atomic E-state index is 11.4. The second-order valence-electron chi connectivity index (χ2n) is 3.45. The third-order valence-corrected chi connectivity index (χ3v) is 3.08. The number of carbonyl (C=O) groups is 1. The molecule has 0 atom stereocenters. The molecule has 0 aromatic heterocycles. The van der Waals surface area contributed by atoms with Crippen LogP contribution >= 0.6 is 11.8 Å². The maximum Gasteiger partial charge on any atom is 0.230 e. The number of benzene rings is 1. The van der Waals surface area contributed by atoms with Gasteiger partial charge in [-0.1, -0.05) is 18.2 Å². The Bertz CT molecular complexity index is 303. The Labute approximate surface area is 101 Å². The van der Waals surface area contributed by atoms with Crippen LogP contribution in [0.4, 0.5) is 0 Å². The van der Waals surface area contributed by atoms with Crippen LogP contribution in [0.15, 0.2) is 35.2 Å². The van der Waals surface area contributed by atoms with Gasteiger partial charge in [-0.15, -0.1) is 11.8 Å². The zero-order chi connectivity index (χ0) is 11.6. The summed E-state index contributed by atoms with van der Waals surface area (Å²) >= 11 is 1.56. The zero-order valence-electron chi connectivity index (χ0n) is 9.32. The quantitative estimate of drug-likeness (QED) is 0.561. The molecular weight excluding hydrogens is 220 g/mol. The average molecular weight is 238 g/mol. The van der Waals surface area contributed by atoms with Crippen LogP contribution in [0, 0.1) is 0 Å². The molecule has 0 heterocycles. The molecule has 16 heavy (non-hydrogen) atoms. The number of hydrogen-bond donors (Lipinski definition) is 2. The van der Waals surface area contributed by atoms with Crippen LogP contribution in [0.2, 0.25) is 0 Å². The molecule has 0 aliphatic rings. The smallest absolute Gasteiger partial charge is 0.230 e. The summed E-state index contributed by atoms with van der Waals surface area (Å²) in [6, 6.07) is 9.93. The Morgan fingerprint density at radius 1 is 1.25 bits per heavy atom. The largest absolute Gasteiger partial charge is 0.355 e. The highest BCUT2D eigenvalue weighted by Crippen LogP contribution is 2.15. The van der Waals surface area contributed by atoms with Crippen LogP contribution in [-0.2, 0) is 4.79 Å². The van der Waals surface area contributed by atoms with Gasteiger partial charge in [0.15, 0.2) is 0 Å². The first kappa shape index (κ1) is 13.1. The first-order valence-electron chi connectivity index (χ1n) is 5.47. The number of thioether (sulfide) groups is 1. The molecule has 1 amide bonds. The van der Waals surface area contributed by atoms with Crippen LogP contribution < -0.4 is 11.1 Å². The molecule has 1 rings (SSSR count). The molecule has 3 nitrogen and oxygen atoms in total. The van der Waals surface area contributed by atoms with Gasteiger partial charge in [0.1, 0.15) is 0 Å². The van der Waals surface area contributed by atoms with Crippen molar-refractivity contribution in [2.45, 2.75) is 17.7 Å². The van der Waals surface area contributed by atoms with E-state index in [4.69, 9.17) is 5.73 Å². The monoisotopic (exact) mass is 238 g/mol. The zero-order valence-corrected chi connectivity index (χ0v) is 10.1. The number of rotatable bonds is 7. The lowest BCUT2D eigenvalue weighted by molar-refractivity contribution is -0.118. The number of carbonyl (C=O) groups excluding carboxylic acids is 1. The predicted molar refractivity (Wildman–Crippen MR) is 68.5 cm³/mol. The predicted octanol–water partition coefficient (Wildman–Crippen LogP) is 1.63. The molecular formula is C12H18N2OS. The van der Waals surface area contributed by atoms with Crippen molar-refractivity contribution in [3.8, 4) is 0 Å². The van der Waals surface area contributed by atoms with E-state index in [1.165, 1.54) is 0 Å². The van der Waals surface area contributed by atoms with Gasteiger partial charge in [0.25, 0.3) is 0 Å². The second kappa shape index (κ2) is 8.19. The van der Waals surface area contributed by atoms with Gasteiger partial charge in [-0.3, -0.25) is 4.79 Å². The van der Waals surface area contributed by atoms with Crippen LogP contribution in [0.25, 0.3) is 0 Å². The summed E-state index contributed by atoms with van der Waals surface area (Å²) in [4.78, 5) is 12.5. The van der Waals surface area contributed by atoms with Crippen molar-refractivity contribution in [1.82, 2.24) is 5.32 Å². The summed E-state index contributed by atoms with van der Waals surface area (Å²) < 4.78 is 0. The van der Waals surface area contributed by atoms with E-state index in [0.717, 1.165) is 24.3 Å². The molecule has 4 heteroatoms. The van der Waals surface area contributed by atoms with Crippen molar-refractivity contribution >= 4 is 17.7 Å². The lowest BCUT2D eigenvalue weighted by Crippen LogP contribution is -2.26. The minimum Gasteiger partial charge on any atom is -0.355 e. The summed E-state index contributed by atoms with van der Waals surface area (Å²) in [7, 11) is 0. The number of hydrogen-bond acceptors (Lipinski definition) is 3. The molecule has 0 bridgehead atoms. The highest BCUT2D eigenvalue weighted by Gasteiger charge is 2.01. The molecule has 0 unspecified atom stereocenters. The lowest BCUT2D eigenvalue weighted by Gasteiger charge is -2.04. The normalized spacial score (nSPS) is 10.1. The summed E-state index contributed by atoms with van der Waals surface area (Å²) in [6.07, 6.45) is 1.92. The molecule has 0 fully saturated rings. The van der Waals surface area contributed by atoms with E-state index < -0.39 is 0 Å². The molecule has 0 radical (unpaired) electrons. The molecule has 0 saturated heterocycles. The number of amides is 1. The van der Waals surface area contributed by atoms with Gasteiger partial charge in [-0.05, 0) is 31.5 Å². The van der Waals surface area contributed by atoms with Gasteiger partial charge in [-0.25, -0.2) is 0 Å². The second-order valence-corrected chi connectivity index (χ2v) is 4.50. The fraction of sp³-hybridized carbons (Fsp3) is 0.417. The van der Waals surface area contributed by atoms with Gasteiger partial charge in [-0.2, -0.15) is 0 Å². The summed E-state index contributed by atoms with van der Waals surface area (Å²) in [5, 5.41) is 2.87. The minimum atomic E-state index is 0.0888. The van der Waals surface area contributed by atoms with Crippen LogP contribution in [0.3, 0.4) is 0 Å². The Morgan fingerprint density at radius 3 is 2.69 bits per heavy atom. The van der Waals surface area contributed by atoms with E-state index in [0.29, 0.717) is 12.3 Å². The van der Waals surface area contributed by atoms with Crippen LogP contribution in [0.5, 0.6) is 0 Å². The lowest BCUT2D eigenvalue weighted by atomic mass is 10.3. The first-order valence-corrected chi connectivity index (χ1v) is 6.46. The summed E-state index contributed by atoms with van der Waals surface area (Å²) in [6.45, 7) is 1.42. The van der Waals surface area contributed by atoms with Crippen molar-refractivity contribution < 1.29 is 4.79 Å². The first-order chi connectivity index (χ1) is 7.83. The average Bonchev–Trinajstić information content (AvgIpc) is 2.33. The van der Waals surface area contributed by atoms with E-state index >= 15 is 0 Å². The summed E-state index contributed by atoms with van der Waals surface area (Å²) in [5.74, 6) is 0.568. The topological polar surface area (TPSA) is 55.1 Å². The highest BCUT2D eigenvalue weighted by molar-refractivity contribution is 8.00. The highest BCUT2D eigenvalue weighted by atomic mass is 32.2. The van der Waals surface area contributed by atoms with Crippen molar-refractivity contribution in [2.24, 2.45) is 5.73 Å². The van der Waals surface area contributed by atoms with Gasteiger partial charge < -0.3 is 11.1 Å². The van der Waals surface area contributed by atoms with Gasteiger partial charge in [0.2, 0.25) is 5.91 Å². The van der Waals surface area contributed by atoms with Crippen molar-refractivity contribution in [3.05, 3.63) is 30.3 Å². The maximum absolute atomic E-state index is 11.4. The standard InChI is InChI=1S/C12H18N2OS/c13-8-4-5-9-14-12(15)10-16-11-6-2-1-3-7-11/h1-3,6-7H,4-5,8-10,13H2,(H,14,15). The van der Waals surface area contributed by atoms with Crippen molar-refractivity contribution in [3.63, 3.8) is 0 Å². The van der Waals surface area contributed by atoms with E-state index in [-0.39, 0.29) is 5.91 Å². The minimum absolute atomic E-state index is 0.0888. The molecule has 0 aliphatic carbocycles.